The summed E-state index contributed by atoms with van der Waals surface area (Å²) in [5, 5.41) is 10.8. The Labute approximate surface area is 113 Å². The van der Waals surface area contributed by atoms with Gasteiger partial charge in [-0.2, -0.15) is 4.99 Å². The molecule has 1 amide bonds. The molecule has 0 fully saturated rings. The number of amides is 1. The van der Waals surface area contributed by atoms with Gasteiger partial charge in [-0.05, 0) is 13.0 Å². The molecule has 0 aliphatic heterocycles. The van der Waals surface area contributed by atoms with Gasteiger partial charge in [0.2, 0.25) is 5.91 Å². The number of carbonyl (C=O) groups is 1. The van der Waals surface area contributed by atoms with Gasteiger partial charge in [-0.3, -0.25) is 14.9 Å². The molecule has 0 aliphatic rings. The maximum atomic E-state index is 11.4. The van der Waals surface area contributed by atoms with Crippen molar-refractivity contribution >= 4 is 33.1 Å². The number of benzene rings is 1. The van der Waals surface area contributed by atoms with Gasteiger partial charge in [-0.25, -0.2) is 0 Å². The number of non-ortho nitro benzene ring substituents is 1. The topological polar surface area (TPSA) is 77.5 Å². The predicted octanol–water partition coefficient (Wildman–Crippen LogP) is 2.47. The van der Waals surface area contributed by atoms with Crippen molar-refractivity contribution in [1.82, 2.24) is 4.57 Å². The molecule has 0 aliphatic carbocycles. The standard InChI is InChI=1S/C12H13N3O3S/c1-3-11(16)13-12-14(4-2)9-7-8(15(17)18)5-6-10(9)19-12/h5-7H,3-4H2,1-2H3. The Morgan fingerprint density at radius 1 is 1.47 bits per heavy atom. The number of nitrogens with zero attached hydrogens (tertiary/aromatic N) is 3. The average molecular weight is 279 g/mol. The molecule has 0 bridgehead atoms. The minimum Gasteiger partial charge on any atom is -0.316 e. The third-order valence-electron chi connectivity index (χ3n) is 2.72. The van der Waals surface area contributed by atoms with Crippen LogP contribution >= 0.6 is 11.3 Å². The molecule has 1 aromatic carbocycles. The number of hydrogen-bond donors (Lipinski definition) is 0. The second-order valence-electron chi connectivity index (χ2n) is 3.90. The first-order chi connectivity index (χ1) is 9.06. The van der Waals surface area contributed by atoms with Crippen molar-refractivity contribution < 1.29 is 9.72 Å². The lowest BCUT2D eigenvalue weighted by Crippen LogP contribution is -2.15. The van der Waals surface area contributed by atoms with Crippen LogP contribution in [0.4, 0.5) is 5.69 Å². The zero-order valence-electron chi connectivity index (χ0n) is 10.6. The van der Waals surface area contributed by atoms with E-state index in [2.05, 4.69) is 4.99 Å². The Bertz CT molecular complexity index is 715. The van der Waals surface area contributed by atoms with Crippen LogP contribution in [-0.4, -0.2) is 15.4 Å². The van der Waals surface area contributed by atoms with Crippen LogP contribution in [0.5, 0.6) is 0 Å². The van der Waals surface area contributed by atoms with Gasteiger partial charge in [0, 0.05) is 25.1 Å². The molecule has 0 saturated carbocycles. The number of thiazole rings is 1. The van der Waals surface area contributed by atoms with E-state index in [0.29, 0.717) is 17.8 Å². The summed E-state index contributed by atoms with van der Waals surface area (Å²) in [7, 11) is 0. The van der Waals surface area contributed by atoms with E-state index >= 15 is 0 Å². The van der Waals surface area contributed by atoms with Gasteiger partial charge >= 0.3 is 0 Å². The van der Waals surface area contributed by atoms with Crippen LogP contribution in [0.15, 0.2) is 23.2 Å². The van der Waals surface area contributed by atoms with E-state index in [4.69, 9.17) is 0 Å². The fourth-order valence-electron chi connectivity index (χ4n) is 1.75. The third-order valence-corrected chi connectivity index (χ3v) is 3.77. The normalized spacial score (nSPS) is 12.0. The minimum atomic E-state index is -0.425. The lowest BCUT2D eigenvalue weighted by atomic mass is 10.3. The Kier molecular flexibility index (Phi) is 3.75. The molecule has 2 aromatic rings. The molecule has 19 heavy (non-hydrogen) atoms. The zero-order valence-corrected chi connectivity index (χ0v) is 11.4. The van der Waals surface area contributed by atoms with Crippen molar-refractivity contribution in [2.45, 2.75) is 26.8 Å². The predicted molar refractivity (Wildman–Crippen MR) is 73.0 cm³/mol. The second-order valence-corrected chi connectivity index (χ2v) is 4.91. The molecule has 2 rings (SSSR count). The maximum Gasteiger partial charge on any atom is 0.271 e. The van der Waals surface area contributed by atoms with Crippen LogP contribution < -0.4 is 4.80 Å². The first-order valence-electron chi connectivity index (χ1n) is 5.92. The quantitative estimate of drug-likeness (QED) is 0.639. The van der Waals surface area contributed by atoms with Gasteiger partial charge in [0.25, 0.3) is 5.69 Å². The molecular formula is C12H13N3O3S. The maximum absolute atomic E-state index is 11.4. The van der Waals surface area contributed by atoms with Crippen LogP contribution in [0.25, 0.3) is 10.2 Å². The summed E-state index contributed by atoms with van der Waals surface area (Å²) < 4.78 is 2.70. The summed E-state index contributed by atoms with van der Waals surface area (Å²) in [6, 6.07) is 4.68. The zero-order chi connectivity index (χ0) is 14.0. The Balaban J connectivity index is 2.72. The molecule has 0 saturated heterocycles. The lowest BCUT2D eigenvalue weighted by molar-refractivity contribution is -0.384. The smallest absolute Gasteiger partial charge is 0.271 e. The SMILES string of the molecule is CCC(=O)N=c1sc2ccc([N+](=O)[O-])cc2n1CC. The van der Waals surface area contributed by atoms with E-state index < -0.39 is 4.92 Å². The fraction of sp³-hybridized carbons (Fsp3) is 0.333. The van der Waals surface area contributed by atoms with E-state index in [0.717, 1.165) is 10.2 Å². The van der Waals surface area contributed by atoms with E-state index in [1.165, 1.54) is 23.5 Å². The monoisotopic (exact) mass is 279 g/mol. The van der Waals surface area contributed by atoms with E-state index in [1.807, 2.05) is 11.5 Å². The highest BCUT2D eigenvalue weighted by molar-refractivity contribution is 7.16. The van der Waals surface area contributed by atoms with Crippen molar-refractivity contribution in [3.05, 3.63) is 33.1 Å². The molecule has 0 unspecified atom stereocenters. The number of carbonyl (C=O) groups excluding carboxylic acids is 1. The van der Waals surface area contributed by atoms with Crippen LogP contribution in [0.3, 0.4) is 0 Å². The van der Waals surface area contributed by atoms with E-state index in [-0.39, 0.29) is 11.6 Å². The van der Waals surface area contributed by atoms with Crippen LogP contribution in [0, 0.1) is 10.1 Å². The van der Waals surface area contributed by atoms with Crippen LogP contribution in [0.1, 0.15) is 20.3 Å². The molecule has 1 heterocycles. The van der Waals surface area contributed by atoms with Gasteiger partial charge in [0.15, 0.2) is 4.80 Å². The van der Waals surface area contributed by atoms with Gasteiger partial charge in [0.1, 0.15) is 0 Å². The highest BCUT2D eigenvalue weighted by Crippen LogP contribution is 2.22. The third kappa shape index (κ3) is 2.55. The first-order valence-corrected chi connectivity index (χ1v) is 6.73. The largest absolute Gasteiger partial charge is 0.316 e. The summed E-state index contributed by atoms with van der Waals surface area (Å²) >= 11 is 1.37. The molecule has 0 N–H and O–H groups in total. The summed E-state index contributed by atoms with van der Waals surface area (Å²) in [6.07, 6.45) is 0.345. The molecule has 0 atom stereocenters. The fourth-order valence-corrected chi connectivity index (χ4v) is 2.84. The number of nitro benzene ring substituents is 1. The van der Waals surface area contributed by atoms with Crippen LogP contribution in [0.2, 0.25) is 0 Å². The Hall–Kier alpha value is -2.02. The number of hydrogen-bond acceptors (Lipinski definition) is 4. The minimum absolute atomic E-state index is 0.0425. The molecular weight excluding hydrogens is 266 g/mol. The lowest BCUT2D eigenvalue weighted by Gasteiger charge is -1.99. The van der Waals surface area contributed by atoms with Crippen molar-refractivity contribution in [3.63, 3.8) is 0 Å². The number of nitro groups is 1. The molecule has 1 aromatic heterocycles. The number of fused-ring (bicyclic) bond motifs is 1. The molecule has 7 heteroatoms. The van der Waals surface area contributed by atoms with Gasteiger partial charge in [0.05, 0.1) is 15.1 Å². The summed E-state index contributed by atoms with van der Waals surface area (Å²) in [4.78, 5) is 26.4. The van der Waals surface area contributed by atoms with Gasteiger partial charge in [-0.1, -0.05) is 18.3 Å². The van der Waals surface area contributed by atoms with Crippen molar-refractivity contribution in [3.8, 4) is 0 Å². The van der Waals surface area contributed by atoms with Gasteiger partial charge in [-0.15, -0.1) is 0 Å². The van der Waals surface area contributed by atoms with Gasteiger partial charge < -0.3 is 4.57 Å². The second kappa shape index (κ2) is 5.31. The van der Waals surface area contributed by atoms with E-state index in [1.54, 1.807) is 13.0 Å². The summed E-state index contributed by atoms with van der Waals surface area (Å²) in [5.74, 6) is -0.191. The molecule has 100 valence electrons. The Morgan fingerprint density at radius 2 is 2.21 bits per heavy atom. The highest BCUT2D eigenvalue weighted by Gasteiger charge is 2.11. The number of rotatable bonds is 3. The average Bonchev–Trinajstić information content (AvgIpc) is 2.74. The van der Waals surface area contributed by atoms with Crippen molar-refractivity contribution in [1.29, 1.82) is 0 Å². The summed E-state index contributed by atoms with van der Waals surface area (Å²) in [6.45, 7) is 4.28. The number of aromatic nitrogens is 1. The molecule has 0 radical (unpaired) electrons. The molecule has 6 nitrogen and oxygen atoms in total. The van der Waals surface area contributed by atoms with Crippen LogP contribution in [-0.2, 0) is 11.3 Å². The highest BCUT2D eigenvalue weighted by atomic mass is 32.1. The summed E-state index contributed by atoms with van der Waals surface area (Å²) in [5.41, 5.74) is 0.783. The number of aryl methyl sites for hydroxylation is 1. The van der Waals surface area contributed by atoms with Crippen molar-refractivity contribution in [2.75, 3.05) is 0 Å². The van der Waals surface area contributed by atoms with E-state index in [9.17, 15) is 14.9 Å². The molecule has 0 spiro atoms. The first kappa shape index (κ1) is 13.4. The van der Waals surface area contributed by atoms with Crippen molar-refractivity contribution in [2.24, 2.45) is 4.99 Å². The Morgan fingerprint density at radius 3 is 2.79 bits per heavy atom.